The molecule has 2 heterocycles. The van der Waals surface area contributed by atoms with Gasteiger partial charge in [-0.15, -0.1) is 0 Å². The number of esters is 1. The van der Waals surface area contributed by atoms with Crippen molar-refractivity contribution in [2.75, 3.05) is 17.7 Å². The first-order valence-corrected chi connectivity index (χ1v) is 12.7. The van der Waals surface area contributed by atoms with Crippen LogP contribution >= 0.6 is 11.6 Å². The Bertz CT molecular complexity index is 1220. The lowest BCUT2D eigenvalue weighted by Crippen LogP contribution is -2.48. The predicted molar refractivity (Wildman–Crippen MR) is 138 cm³/mol. The Morgan fingerprint density at radius 2 is 1.74 bits per heavy atom. The molecular weight excluding hydrogens is 460 g/mol. The van der Waals surface area contributed by atoms with Crippen molar-refractivity contribution in [3.05, 3.63) is 71.0 Å². The van der Waals surface area contributed by atoms with Crippen LogP contribution in [0.4, 0.5) is 23.0 Å². The van der Waals surface area contributed by atoms with E-state index in [0.717, 1.165) is 28.5 Å². The molecule has 4 aliphatic carbocycles. The fourth-order valence-electron chi connectivity index (χ4n) is 7.01. The quantitative estimate of drug-likeness (QED) is 0.368. The molecule has 180 valence electrons. The Morgan fingerprint density at radius 3 is 2.37 bits per heavy atom. The number of carbonyl (C=O) groups is 1. The first kappa shape index (κ1) is 22.4. The third-order valence-electron chi connectivity index (χ3n) is 8.12. The first-order valence-electron chi connectivity index (χ1n) is 12.3. The molecule has 0 aliphatic heterocycles. The number of methoxy groups -OCH3 is 1. The predicted octanol–water partition coefficient (Wildman–Crippen LogP) is 6.87. The van der Waals surface area contributed by atoms with Gasteiger partial charge in [0.15, 0.2) is 0 Å². The largest absolute Gasteiger partial charge is 0.465 e. The molecule has 7 heteroatoms. The number of aromatic nitrogens is 2. The van der Waals surface area contributed by atoms with Crippen molar-refractivity contribution in [3.8, 4) is 0 Å². The Labute approximate surface area is 210 Å². The Morgan fingerprint density at radius 1 is 1.00 bits per heavy atom. The van der Waals surface area contributed by atoms with Crippen molar-refractivity contribution in [3.63, 3.8) is 0 Å². The minimum absolute atomic E-state index is 0.330. The van der Waals surface area contributed by atoms with Gasteiger partial charge >= 0.3 is 5.97 Å². The molecule has 0 amide bonds. The zero-order valence-electron chi connectivity index (χ0n) is 19.8. The number of anilines is 4. The van der Waals surface area contributed by atoms with Gasteiger partial charge in [-0.25, -0.2) is 14.8 Å². The number of hydrogen-bond acceptors (Lipinski definition) is 6. The maximum absolute atomic E-state index is 12.0. The van der Waals surface area contributed by atoms with E-state index in [1.165, 1.54) is 51.2 Å². The molecule has 0 spiro atoms. The van der Waals surface area contributed by atoms with E-state index in [2.05, 4.69) is 38.8 Å². The number of hydrogen-bond donors (Lipinski definition) is 2. The number of nitrogens with one attached hydrogen (secondary N) is 2. The lowest BCUT2D eigenvalue weighted by Gasteiger charge is -2.57. The van der Waals surface area contributed by atoms with Crippen molar-refractivity contribution in [1.29, 1.82) is 0 Å². The molecule has 2 aromatic heterocycles. The molecular formula is C28H29ClN4O2. The maximum atomic E-state index is 12.0. The zero-order chi connectivity index (χ0) is 24.0. The summed E-state index contributed by atoms with van der Waals surface area (Å²) in [5.41, 5.74) is 3.67. The maximum Gasteiger partial charge on any atom is 0.341 e. The molecule has 0 atom stereocenters. The summed E-state index contributed by atoms with van der Waals surface area (Å²) >= 11 is 6.76. The number of nitrogens with zero attached hydrogens (tertiary/aromatic N) is 2. The highest BCUT2D eigenvalue weighted by Crippen LogP contribution is 2.61. The van der Waals surface area contributed by atoms with E-state index < -0.39 is 5.97 Å². The molecule has 3 aromatic rings. The van der Waals surface area contributed by atoms with Crippen LogP contribution in [0.1, 0.15) is 54.4 Å². The number of halogens is 1. The molecule has 2 N–H and O–H groups in total. The second kappa shape index (κ2) is 8.83. The minimum atomic E-state index is -0.446. The van der Waals surface area contributed by atoms with Crippen LogP contribution in [-0.4, -0.2) is 23.0 Å². The van der Waals surface area contributed by atoms with Crippen LogP contribution in [0.2, 0.25) is 5.02 Å². The summed E-state index contributed by atoms with van der Waals surface area (Å²) in [6.45, 7) is 0. The number of rotatable bonds is 6. The van der Waals surface area contributed by atoms with Gasteiger partial charge < -0.3 is 15.4 Å². The van der Waals surface area contributed by atoms with Gasteiger partial charge in [-0.2, -0.15) is 0 Å². The Kier molecular flexibility index (Phi) is 5.64. The molecule has 0 saturated heterocycles. The summed E-state index contributed by atoms with van der Waals surface area (Å²) in [5.74, 6) is 3.38. The van der Waals surface area contributed by atoms with Crippen LogP contribution in [0.5, 0.6) is 0 Å². The van der Waals surface area contributed by atoms with Crippen molar-refractivity contribution in [2.45, 2.75) is 43.9 Å². The average molecular weight is 489 g/mol. The molecule has 0 unspecified atom stereocenters. The number of carbonyl (C=O) groups excluding carboxylic acids is 1. The van der Waals surface area contributed by atoms with E-state index in [-0.39, 0.29) is 0 Å². The number of pyridine rings is 2. The van der Waals surface area contributed by atoms with Crippen LogP contribution < -0.4 is 10.6 Å². The summed E-state index contributed by atoms with van der Waals surface area (Å²) in [6.07, 6.45) is 11.6. The molecule has 4 bridgehead atoms. The lowest BCUT2D eigenvalue weighted by molar-refractivity contribution is -0.00517. The molecule has 0 radical (unpaired) electrons. The van der Waals surface area contributed by atoms with Gasteiger partial charge in [-0.3, -0.25) is 0 Å². The van der Waals surface area contributed by atoms with Gasteiger partial charge in [-0.05, 0) is 104 Å². The first-order chi connectivity index (χ1) is 17.0. The van der Waals surface area contributed by atoms with Gasteiger partial charge in [0.1, 0.15) is 17.2 Å². The fourth-order valence-corrected chi connectivity index (χ4v) is 7.23. The SMILES string of the molecule is COC(=O)c1cccnc1Nc1ccc(Nc2ccc(C34CC5CC(CC(C5)C3)C4)cc2Cl)nc1. The van der Waals surface area contributed by atoms with E-state index in [1.54, 1.807) is 24.5 Å². The summed E-state index contributed by atoms with van der Waals surface area (Å²) < 4.78 is 4.83. The van der Waals surface area contributed by atoms with Crippen molar-refractivity contribution >= 4 is 40.6 Å². The van der Waals surface area contributed by atoms with E-state index in [9.17, 15) is 4.79 Å². The second-order valence-corrected chi connectivity index (χ2v) is 10.9. The van der Waals surface area contributed by atoms with Crippen molar-refractivity contribution in [2.24, 2.45) is 17.8 Å². The van der Waals surface area contributed by atoms with E-state index >= 15 is 0 Å². The third kappa shape index (κ3) is 4.25. The molecule has 35 heavy (non-hydrogen) atoms. The fraction of sp³-hybridized carbons (Fsp3) is 0.393. The van der Waals surface area contributed by atoms with Crippen molar-refractivity contribution < 1.29 is 9.53 Å². The van der Waals surface area contributed by atoms with Gasteiger partial charge in [0.05, 0.1) is 29.7 Å². The molecule has 6 nitrogen and oxygen atoms in total. The van der Waals surface area contributed by atoms with Crippen LogP contribution in [0, 0.1) is 17.8 Å². The zero-order valence-corrected chi connectivity index (χ0v) is 20.5. The van der Waals surface area contributed by atoms with E-state index in [4.69, 9.17) is 16.3 Å². The monoisotopic (exact) mass is 488 g/mol. The molecule has 4 aliphatic rings. The third-order valence-corrected chi connectivity index (χ3v) is 8.43. The van der Waals surface area contributed by atoms with Gasteiger partial charge in [-0.1, -0.05) is 17.7 Å². The summed E-state index contributed by atoms with van der Waals surface area (Å²) in [5, 5.41) is 7.21. The second-order valence-electron chi connectivity index (χ2n) is 10.5. The standard InChI is InChI=1S/C28H29ClN4O2/c1-35-27(34)22-3-2-8-30-26(22)32-21-5-7-25(31-16-21)33-24-6-4-20(12-23(24)29)28-13-17-9-18(14-28)11-19(10-17)15-28/h2-8,12,16-19H,9-11,13-15H2,1H3,(H,30,32)(H,31,33). The summed E-state index contributed by atoms with van der Waals surface area (Å²) in [6, 6.07) is 13.7. The lowest BCUT2D eigenvalue weighted by atomic mass is 9.48. The van der Waals surface area contributed by atoms with Gasteiger partial charge in [0.2, 0.25) is 0 Å². The van der Waals surface area contributed by atoms with E-state index in [1.807, 2.05) is 12.1 Å². The molecule has 1 aromatic carbocycles. The van der Waals surface area contributed by atoms with E-state index in [0.29, 0.717) is 28.3 Å². The minimum Gasteiger partial charge on any atom is -0.465 e. The molecule has 4 saturated carbocycles. The molecule has 7 rings (SSSR count). The van der Waals surface area contributed by atoms with Crippen LogP contribution in [0.3, 0.4) is 0 Å². The van der Waals surface area contributed by atoms with Crippen LogP contribution in [0.25, 0.3) is 0 Å². The smallest absolute Gasteiger partial charge is 0.341 e. The van der Waals surface area contributed by atoms with Gasteiger partial charge in [0, 0.05) is 6.20 Å². The average Bonchev–Trinajstić information content (AvgIpc) is 2.85. The van der Waals surface area contributed by atoms with Crippen molar-refractivity contribution in [1.82, 2.24) is 9.97 Å². The van der Waals surface area contributed by atoms with Gasteiger partial charge in [0.25, 0.3) is 0 Å². The van der Waals surface area contributed by atoms with Crippen LogP contribution in [-0.2, 0) is 10.2 Å². The topological polar surface area (TPSA) is 76.1 Å². The van der Waals surface area contributed by atoms with Crippen LogP contribution in [0.15, 0.2) is 54.9 Å². The highest BCUT2D eigenvalue weighted by molar-refractivity contribution is 6.33. The highest BCUT2D eigenvalue weighted by atomic mass is 35.5. The normalized spacial score (nSPS) is 26.4. The summed E-state index contributed by atoms with van der Waals surface area (Å²) in [7, 11) is 1.35. The molecule has 4 fully saturated rings. The Balaban J connectivity index is 1.16. The highest BCUT2D eigenvalue weighted by Gasteiger charge is 2.51. The number of ether oxygens (including phenoxy) is 1. The number of benzene rings is 1. The Hall–Kier alpha value is -3.12. The summed E-state index contributed by atoms with van der Waals surface area (Å²) in [4.78, 5) is 20.7.